The third-order valence-corrected chi connectivity index (χ3v) is 5.11. The number of nitrogens with one attached hydrogen (secondary N) is 2. The van der Waals surface area contributed by atoms with Crippen LogP contribution in [-0.2, 0) is 0 Å². The van der Waals surface area contributed by atoms with Crippen LogP contribution in [-0.4, -0.2) is 47.3 Å². The first kappa shape index (κ1) is 17.9. The van der Waals surface area contributed by atoms with Gasteiger partial charge in [0, 0.05) is 38.3 Å². The largest absolute Gasteiger partial charge is 0.359 e. The van der Waals surface area contributed by atoms with Crippen molar-refractivity contribution in [1.29, 1.82) is 0 Å². The molecule has 0 saturated carbocycles. The molecule has 0 aromatic carbocycles. The first-order valence-electron chi connectivity index (χ1n) is 9.24. The molecule has 0 bridgehead atoms. The van der Waals surface area contributed by atoms with Crippen LogP contribution in [0, 0.1) is 0 Å². The van der Waals surface area contributed by atoms with Crippen molar-refractivity contribution in [3.63, 3.8) is 0 Å². The number of thiocarbonyl (C=S) groups is 1. The lowest BCUT2D eigenvalue weighted by Crippen LogP contribution is -2.38. The highest BCUT2D eigenvalue weighted by molar-refractivity contribution is 7.80. The van der Waals surface area contributed by atoms with Crippen molar-refractivity contribution in [3.8, 4) is 0 Å². The summed E-state index contributed by atoms with van der Waals surface area (Å²) >= 11 is 5.33. The number of hydrogen-bond donors (Lipinski definition) is 2. The maximum atomic E-state index is 5.33. The standard InChI is InChI=1S/C18H28N6S/c1-3-9-19-18(25)22-17-20-15(23-10-6-7-11-23)13-16(21-17)24-12-5-4-8-14(24)2/h3,13-14H,1,4-12H2,2H3,(H2,19,20,21,22,25)/t14-/m0/s1. The second-order valence-corrected chi connectivity index (χ2v) is 7.17. The Labute approximate surface area is 155 Å². The average molecular weight is 361 g/mol. The Kier molecular flexibility index (Phi) is 6.07. The SMILES string of the molecule is C=CCNC(=S)Nc1nc(N2CCCC2)cc(N2CCCC[C@@H]2C)n1. The summed E-state index contributed by atoms with van der Waals surface area (Å²) in [6.45, 7) is 9.76. The van der Waals surface area contributed by atoms with E-state index in [1.165, 1.54) is 32.1 Å². The minimum atomic E-state index is 0.508. The first-order valence-corrected chi connectivity index (χ1v) is 9.64. The lowest BCUT2D eigenvalue weighted by Gasteiger charge is -2.35. The van der Waals surface area contributed by atoms with Gasteiger partial charge in [0.15, 0.2) is 5.11 Å². The van der Waals surface area contributed by atoms with Crippen LogP contribution in [0.15, 0.2) is 18.7 Å². The van der Waals surface area contributed by atoms with E-state index in [0.717, 1.165) is 31.3 Å². The Bertz CT molecular complexity index is 614. The van der Waals surface area contributed by atoms with E-state index in [2.05, 4.69) is 40.0 Å². The minimum Gasteiger partial charge on any atom is -0.359 e. The molecule has 2 saturated heterocycles. The molecule has 0 aliphatic carbocycles. The van der Waals surface area contributed by atoms with E-state index >= 15 is 0 Å². The van der Waals surface area contributed by atoms with Gasteiger partial charge in [-0.3, -0.25) is 0 Å². The van der Waals surface area contributed by atoms with Crippen LogP contribution in [0.2, 0.25) is 0 Å². The Morgan fingerprint density at radius 1 is 1.24 bits per heavy atom. The third-order valence-electron chi connectivity index (χ3n) is 4.86. The minimum absolute atomic E-state index is 0.508. The van der Waals surface area contributed by atoms with Crippen LogP contribution in [0.1, 0.15) is 39.0 Å². The summed E-state index contributed by atoms with van der Waals surface area (Å²) in [5.74, 6) is 2.56. The number of rotatable bonds is 5. The molecule has 2 aliphatic heterocycles. The Hall–Kier alpha value is -1.89. The van der Waals surface area contributed by atoms with Crippen LogP contribution >= 0.6 is 12.2 Å². The summed E-state index contributed by atoms with van der Waals surface area (Å²) in [5.41, 5.74) is 0. The highest BCUT2D eigenvalue weighted by Gasteiger charge is 2.23. The summed E-state index contributed by atoms with van der Waals surface area (Å²) in [6.07, 6.45) is 7.95. The topological polar surface area (TPSA) is 56.3 Å². The third kappa shape index (κ3) is 4.60. The van der Waals surface area contributed by atoms with Crippen molar-refractivity contribution < 1.29 is 0 Å². The second kappa shape index (κ2) is 8.47. The molecule has 2 aliphatic rings. The number of piperidine rings is 1. The molecule has 0 unspecified atom stereocenters. The van der Waals surface area contributed by atoms with Crippen LogP contribution < -0.4 is 20.4 Å². The van der Waals surface area contributed by atoms with Gasteiger partial charge in [-0.2, -0.15) is 9.97 Å². The van der Waals surface area contributed by atoms with E-state index in [9.17, 15) is 0 Å². The van der Waals surface area contributed by atoms with Crippen LogP contribution in [0.25, 0.3) is 0 Å². The van der Waals surface area contributed by atoms with E-state index in [-0.39, 0.29) is 0 Å². The van der Waals surface area contributed by atoms with Gasteiger partial charge >= 0.3 is 0 Å². The number of aromatic nitrogens is 2. The molecule has 2 fully saturated rings. The van der Waals surface area contributed by atoms with Crippen molar-refractivity contribution in [1.82, 2.24) is 15.3 Å². The van der Waals surface area contributed by atoms with E-state index < -0.39 is 0 Å². The quantitative estimate of drug-likeness (QED) is 0.618. The van der Waals surface area contributed by atoms with Gasteiger partial charge in [0.05, 0.1) is 0 Å². The number of hydrogen-bond acceptors (Lipinski definition) is 5. The molecule has 0 amide bonds. The van der Waals surface area contributed by atoms with Gasteiger partial charge in [-0.15, -0.1) is 6.58 Å². The highest BCUT2D eigenvalue weighted by atomic mass is 32.1. The van der Waals surface area contributed by atoms with Crippen molar-refractivity contribution in [3.05, 3.63) is 18.7 Å². The summed E-state index contributed by atoms with van der Waals surface area (Å²) < 4.78 is 0. The van der Waals surface area contributed by atoms with Crippen molar-refractivity contribution in [2.24, 2.45) is 0 Å². The number of nitrogens with zero attached hydrogens (tertiary/aromatic N) is 4. The van der Waals surface area contributed by atoms with Crippen molar-refractivity contribution in [2.45, 2.75) is 45.1 Å². The molecule has 136 valence electrons. The zero-order valence-corrected chi connectivity index (χ0v) is 15.8. The van der Waals surface area contributed by atoms with Gasteiger partial charge < -0.3 is 20.4 Å². The first-order chi connectivity index (χ1) is 12.2. The van der Waals surface area contributed by atoms with Gasteiger partial charge in [-0.1, -0.05) is 6.08 Å². The molecular formula is C18H28N6S. The van der Waals surface area contributed by atoms with Crippen LogP contribution in [0.4, 0.5) is 17.6 Å². The summed E-state index contributed by atoms with van der Waals surface area (Å²) in [7, 11) is 0. The maximum Gasteiger partial charge on any atom is 0.232 e. The second-order valence-electron chi connectivity index (χ2n) is 6.76. The van der Waals surface area contributed by atoms with E-state index in [4.69, 9.17) is 22.2 Å². The molecule has 3 heterocycles. The lowest BCUT2D eigenvalue weighted by atomic mass is 10.0. The van der Waals surface area contributed by atoms with Gasteiger partial charge in [0.25, 0.3) is 0 Å². The Morgan fingerprint density at radius 2 is 1.96 bits per heavy atom. The lowest BCUT2D eigenvalue weighted by molar-refractivity contribution is 0.481. The van der Waals surface area contributed by atoms with Crippen molar-refractivity contribution in [2.75, 3.05) is 41.3 Å². The molecule has 1 atom stereocenters. The molecule has 0 spiro atoms. The summed E-state index contributed by atoms with van der Waals surface area (Å²) in [4.78, 5) is 14.2. The van der Waals surface area contributed by atoms with E-state index in [1.54, 1.807) is 6.08 Å². The van der Waals surface area contributed by atoms with E-state index in [1.807, 2.05) is 0 Å². The normalized spacial score (nSPS) is 20.4. The predicted octanol–water partition coefficient (Wildman–Crippen LogP) is 2.93. The zero-order valence-electron chi connectivity index (χ0n) is 15.0. The molecule has 7 heteroatoms. The Morgan fingerprint density at radius 3 is 2.68 bits per heavy atom. The van der Waals surface area contributed by atoms with Gasteiger partial charge in [0.2, 0.25) is 5.95 Å². The monoisotopic (exact) mass is 360 g/mol. The van der Waals surface area contributed by atoms with Crippen LogP contribution in [0.3, 0.4) is 0 Å². The average Bonchev–Trinajstić information content (AvgIpc) is 3.15. The fourth-order valence-corrected chi connectivity index (χ4v) is 3.66. The van der Waals surface area contributed by atoms with Crippen molar-refractivity contribution >= 4 is 34.9 Å². The van der Waals surface area contributed by atoms with Gasteiger partial charge in [0.1, 0.15) is 11.6 Å². The molecule has 3 rings (SSSR count). The Balaban J connectivity index is 1.85. The highest BCUT2D eigenvalue weighted by Crippen LogP contribution is 2.28. The smallest absolute Gasteiger partial charge is 0.232 e. The van der Waals surface area contributed by atoms with Gasteiger partial charge in [-0.25, -0.2) is 0 Å². The van der Waals surface area contributed by atoms with Crippen LogP contribution in [0.5, 0.6) is 0 Å². The summed E-state index contributed by atoms with van der Waals surface area (Å²) in [5, 5.41) is 6.73. The van der Waals surface area contributed by atoms with Gasteiger partial charge in [-0.05, 0) is 51.2 Å². The molecule has 6 nitrogen and oxygen atoms in total. The predicted molar refractivity (Wildman–Crippen MR) is 109 cm³/mol. The summed E-state index contributed by atoms with van der Waals surface area (Å²) in [6, 6.07) is 2.65. The molecule has 2 N–H and O–H groups in total. The number of anilines is 3. The fourth-order valence-electron chi connectivity index (χ4n) is 3.48. The molecule has 25 heavy (non-hydrogen) atoms. The molecule has 0 radical (unpaired) electrons. The fraction of sp³-hybridized carbons (Fsp3) is 0.611. The maximum absolute atomic E-state index is 5.33. The zero-order chi connectivity index (χ0) is 17.6. The van der Waals surface area contributed by atoms with E-state index in [0.29, 0.717) is 23.6 Å². The molecular weight excluding hydrogens is 332 g/mol. The molecule has 1 aromatic heterocycles. The molecule has 1 aromatic rings.